The number of halogens is 2. The van der Waals surface area contributed by atoms with Gasteiger partial charge >= 0.3 is 0 Å². The smallest absolute Gasteiger partial charge is 0.0882 e. The first kappa shape index (κ1) is 13.3. The van der Waals surface area contributed by atoms with Gasteiger partial charge in [-0.15, -0.1) is 0 Å². The van der Waals surface area contributed by atoms with E-state index in [2.05, 4.69) is 10.4 Å². The Labute approximate surface area is 116 Å². The van der Waals surface area contributed by atoms with Crippen LogP contribution in [-0.2, 0) is 0 Å². The molecule has 1 aromatic heterocycles. The Morgan fingerprint density at radius 2 is 1.94 bits per heavy atom. The molecule has 1 aromatic carbocycles. The van der Waals surface area contributed by atoms with Gasteiger partial charge in [-0.05, 0) is 42.3 Å². The largest absolute Gasteiger partial charge is 0.271 e. The minimum atomic E-state index is -0.209. The normalized spacial score (nSPS) is 12.4. The van der Waals surface area contributed by atoms with Crippen LogP contribution in [-0.4, -0.2) is 4.98 Å². The van der Waals surface area contributed by atoms with Crippen LogP contribution in [0.15, 0.2) is 36.5 Å². The molecule has 2 rings (SSSR count). The summed E-state index contributed by atoms with van der Waals surface area (Å²) in [6.45, 7) is 2.01. The number of benzene rings is 1. The summed E-state index contributed by atoms with van der Waals surface area (Å²) in [6, 6.07) is 9.12. The molecule has 5 heteroatoms. The van der Waals surface area contributed by atoms with Crippen molar-refractivity contribution in [3.63, 3.8) is 0 Å². The quantitative estimate of drug-likeness (QED) is 0.671. The van der Waals surface area contributed by atoms with Crippen molar-refractivity contribution in [1.82, 2.24) is 10.4 Å². The van der Waals surface area contributed by atoms with Crippen molar-refractivity contribution >= 4 is 23.2 Å². The predicted molar refractivity (Wildman–Crippen MR) is 74.6 cm³/mol. The highest BCUT2D eigenvalue weighted by Crippen LogP contribution is 2.27. The van der Waals surface area contributed by atoms with E-state index in [0.29, 0.717) is 10.0 Å². The maximum atomic E-state index is 6.01. The molecule has 1 atom stereocenters. The summed E-state index contributed by atoms with van der Waals surface area (Å²) in [4.78, 5) is 4.32. The van der Waals surface area contributed by atoms with Gasteiger partial charge in [0.15, 0.2) is 0 Å². The number of rotatable bonds is 3. The average Bonchev–Trinajstić information content (AvgIpc) is 2.35. The highest BCUT2D eigenvalue weighted by molar-refractivity contribution is 6.42. The summed E-state index contributed by atoms with van der Waals surface area (Å²) >= 11 is 11.9. The molecule has 0 aliphatic heterocycles. The third-order valence-electron chi connectivity index (χ3n) is 2.68. The second-order valence-electron chi connectivity index (χ2n) is 4.03. The molecule has 0 saturated heterocycles. The van der Waals surface area contributed by atoms with Gasteiger partial charge in [0, 0.05) is 6.20 Å². The minimum absolute atomic E-state index is 0.209. The number of aromatic nitrogens is 1. The fourth-order valence-corrected chi connectivity index (χ4v) is 2.07. The lowest BCUT2D eigenvalue weighted by molar-refractivity contribution is 0.620. The van der Waals surface area contributed by atoms with Crippen LogP contribution in [0, 0.1) is 6.92 Å². The fourth-order valence-electron chi connectivity index (χ4n) is 1.76. The van der Waals surface area contributed by atoms with E-state index in [1.807, 2.05) is 25.1 Å². The Bertz CT molecular complexity index is 558. The van der Waals surface area contributed by atoms with Gasteiger partial charge in [0.05, 0.1) is 21.8 Å². The molecule has 0 radical (unpaired) electrons. The molecular formula is C13H13Cl2N3. The van der Waals surface area contributed by atoms with E-state index in [0.717, 1.165) is 16.8 Å². The molecule has 0 aliphatic rings. The third kappa shape index (κ3) is 2.82. The summed E-state index contributed by atoms with van der Waals surface area (Å²) in [5.41, 5.74) is 5.63. The zero-order valence-electron chi connectivity index (χ0n) is 9.82. The van der Waals surface area contributed by atoms with Crippen molar-refractivity contribution in [1.29, 1.82) is 0 Å². The van der Waals surface area contributed by atoms with E-state index in [1.54, 1.807) is 18.3 Å². The molecule has 0 spiro atoms. The van der Waals surface area contributed by atoms with E-state index in [9.17, 15) is 0 Å². The molecule has 1 heterocycles. The summed E-state index contributed by atoms with van der Waals surface area (Å²) in [5.74, 6) is 5.61. The van der Waals surface area contributed by atoms with Gasteiger partial charge in [-0.1, -0.05) is 29.3 Å². The van der Waals surface area contributed by atoms with Gasteiger partial charge < -0.3 is 0 Å². The number of nitrogens with zero attached hydrogens (tertiary/aromatic N) is 1. The lowest BCUT2D eigenvalue weighted by atomic mass is 10.0. The topological polar surface area (TPSA) is 50.9 Å². The van der Waals surface area contributed by atoms with E-state index >= 15 is 0 Å². The summed E-state index contributed by atoms with van der Waals surface area (Å²) in [7, 11) is 0. The van der Waals surface area contributed by atoms with Crippen LogP contribution in [0.1, 0.15) is 22.9 Å². The van der Waals surface area contributed by atoms with Crippen molar-refractivity contribution in [2.75, 3.05) is 0 Å². The lowest BCUT2D eigenvalue weighted by Crippen LogP contribution is -2.29. The van der Waals surface area contributed by atoms with Gasteiger partial charge in [0.25, 0.3) is 0 Å². The zero-order valence-corrected chi connectivity index (χ0v) is 11.3. The molecule has 1 unspecified atom stereocenters. The molecule has 2 aromatic rings. The van der Waals surface area contributed by atoms with Gasteiger partial charge in [0.1, 0.15) is 0 Å². The Balaban J connectivity index is 2.42. The van der Waals surface area contributed by atoms with E-state index in [-0.39, 0.29) is 6.04 Å². The number of aryl methyl sites for hydroxylation is 1. The van der Waals surface area contributed by atoms with Crippen molar-refractivity contribution in [3.05, 3.63) is 63.4 Å². The number of pyridine rings is 1. The molecular weight excluding hydrogens is 269 g/mol. The molecule has 0 saturated carbocycles. The number of hydrogen-bond donors (Lipinski definition) is 2. The predicted octanol–water partition coefficient (Wildman–Crippen LogP) is 3.25. The molecule has 18 heavy (non-hydrogen) atoms. The standard InChI is InChI=1S/C13H13Cl2N3/c1-8-4-5-17-12(6-8)13(18-16)9-2-3-10(14)11(15)7-9/h2-7,13,18H,16H2,1H3. The van der Waals surface area contributed by atoms with E-state index in [4.69, 9.17) is 29.0 Å². The highest BCUT2D eigenvalue weighted by atomic mass is 35.5. The first-order valence-corrected chi connectivity index (χ1v) is 6.21. The Morgan fingerprint density at radius 1 is 1.17 bits per heavy atom. The number of hydrogen-bond acceptors (Lipinski definition) is 3. The summed E-state index contributed by atoms with van der Waals surface area (Å²) < 4.78 is 0. The second-order valence-corrected chi connectivity index (χ2v) is 4.85. The van der Waals surface area contributed by atoms with Gasteiger partial charge in [-0.25, -0.2) is 5.43 Å². The molecule has 0 aliphatic carbocycles. The third-order valence-corrected chi connectivity index (χ3v) is 3.42. The Hall–Kier alpha value is -1.13. The SMILES string of the molecule is Cc1ccnc(C(NN)c2ccc(Cl)c(Cl)c2)c1. The van der Waals surface area contributed by atoms with Gasteiger partial charge in [0.2, 0.25) is 0 Å². The van der Waals surface area contributed by atoms with Gasteiger partial charge in [-0.2, -0.15) is 0 Å². The van der Waals surface area contributed by atoms with Crippen molar-refractivity contribution in [2.24, 2.45) is 5.84 Å². The van der Waals surface area contributed by atoms with Gasteiger partial charge in [-0.3, -0.25) is 10.8 Å². The number of nitrogens with one attached hydrogen (secondary N) is 1. The maximum Gasteiger partial charge on any atom is 0.0882 e. The van der Waals surface area contributed by atoms with Crippen molar-refractivity contribution in [2.45, 2.75) is 13.0 Å². The van der Waals surface area contributed by atoms with Crippen molar-refractivity contribution in [3.8, 4) is 0 Å². The molecule has 94 valence electrons. The Morgan fingerprint density at radius 3 is 2.56 bits per heavy atom. The van der Waals surface area contributed by atoms with Crippen LogP contribution >= 0.6 is 23.2 Å². The Kier molecular flexibility index (Phi) is 4.19. The van der Waals surface area contributed by atoms with Crippen LogP contribution in [0.2, 0.25) is 10.0 Å². The highest BCUT2D eigenvalue weighted by Gasteiger charge is 2.15. The van der Waals surface area contributed by atoms with Crippen LogP contribution in [0.3, 0.4) is 0 Å². The fraction of sp³-hybridized carbons (Fsp3) is 0.154. The monoisotopic (exact) mass is 281 g/mol. The van der Waals surface area contributed by atoms with Crippen LogP contribution in [0.4, 0.5) is 0 Å². The van der Waals surface area contributed by atoms with Crippen molar-refractivity contribution < 1.29 is 0 Å². The van der Waals surface area contributed by atoms with Crippen LogP contribution in [0.25, 0.3) is 0 Å². The van der Waals surface area contributed by atoms with E-state index < -0.39 is 0 Å². The first-order chi connectivity index (χ1) is 8.61. The first-order valence-electron chi connectivity index (χ1n) is 5.45. The van der Waals surface area contributed by atoms with E-state index in [1.165, 1.54) is 0 Å². The minimum Gasteiger partial charge on any atom is -0.271 e. The molecule has 0 fully saturated rings. The van der Waals surface area contributed by atoms with Crippen LogP contribution < -0.4 is 11.3 Å². The molecule has 0 bridgehead atoms. The number of hydrazine groups is 1. The second kappa shape index (κ2) is 5.67. The van der Waals surface area contributed by atoms with Crippen LogP contribution in [0.5, 0.6) is 0 Å². The molecule has 3 N–H and O–H groups in total. The maximum absolute atomic E-state index is 6.01. The molecule has 0 amide bonds. The lowest BCUT2D eigenvalue weighted by Gasteiger charge is -2.16. The summed E-state index contributed by atoms with van der Waals surface area (Å²) in [6.07, 6.45) is 1.76. The molecule has 3 nitrogen and oxygen atoms in total. The summed E-state index contributed by atoms with van der Waals surface area (Å²) in [5, 5.41) is 1.02. The average molecular weight is 282 g/mol. The zero-order chi connectivity index (χ0) is 13.1. The number of nitrogens with two attached hydrogens (primary N) is 1.